The van der Waals surface area contributed by atoms with E-state index in [1.807, 2.05) is 18.2 Å². The number of para-hydroxylation sites is 1. The normalized spacial score (nSPS) is 13.8. The minimum atomic E-state index is -1.19. The lowest BCUT2D eigenvalue weighted by Gasteiger charge is -2.27. The standard InChI is InChI=1S/C29H25Cl2FN2O5/c1-39-26-20(4-2-7-23(26)32)28(36)34-14-12-19(13-15-34)18-10-8-17(9-11-18)16-24(29(37)38)33-27(35)25-21(30)5-3-6-22(25)31/h2-12,24H,13-16H2,1H3,(H,33,35)(H,37,38)/t24-/m0/s1. The highest BCUT2D eigenvalue weighted by atomic mass is 35.5. The Morgan fingerprint density at radius 2 is 1.72 bits per heavy atom. The molecule has 2 N–H and O–H groups in total. The summed E-state index contributed by atoms with van der Waals surface area (Å²) in [6.07, 6.45) is 2.59. The molecule has 0 fully saturated rings. The van der Waals surface area contributed by atoms with Gasteiger partial charge in [-0.3, -0.25) is 9.59 Å². The van der Waals surface area contributed by atoms with Crippen LogP contribution in [0.15, 0.2) is 66.7 Å². The number of nitrogens with one attached hydrogen (secondary N) is 1. The Morgan fingerprint density at radius 1 is 1.05 bits per heavy atom. The zero-order valence-corrected chi connectivity index (χ0v) is 22.4. The average Bonchev–Trinajstić information content (AvgIpc) is 2.92. The van der Waals surface area contributed by atoms with E-state index in [2.05, 4.69) is 5.32 Å². The lowest BCUT2D eigenvalue weighted by Crippen LogP contribution is -2.42. The zero-order valence-electron chi connectivity index (χ0n) is 20.9. The molecule has 1 aliphatic heterocycles. The minimum absolute atomic E-state index is 0.0232. The number of hydrogen-bond acceptors (Lipinski definition) is 4. The lowest BCUT2D eigenvalue weighted by molar-refractivity contribution is -0.139. The summed E-state index contributed by atoms with van der Waals surface area (Å²) in [5.41, 5.74) is 2.88. The number of aliphatic carboxylic acids is 1. The molecule has 7 nitrogen and oxygen atoms in total. The third kappa shape index (κ3) is 6.41. The van der Waals surface area contributed by atoms with E-state index in [4.69, 9.17) is 27.9 Å². The van der Waals surface area contributed by atoms with Crippen LogP contribution >= 0.6 is 23.2 Å². The number of ether oxygens (including phenoxy) is 1. The van der Waals surface area contributed by atoms with Crippen LogP contribution in [0, 0.1) is 5.82 Å². The van der Waals surface area contributed by atoms with Crippen molar-refractivity contribution in [2.75, 3.05) is 20.2 Å². The number of rotatable bonds is 8. The third-order valence-corrected chi connectivity index (χ3v) is 7.09. The van der Waals surface area contributed by atoms with Gasteiger partial charge in [-0.2, -0.15) is 0 Å². The van der Waals surface area contributed by atoms with E-state index in [0.29, 0.717) is 25.1 Å². The number of halogens is 3. The van der Waals surface area contributed by atoms with Gasteiger partial charge in [0.05, 0.1) is 28.3 Å². The molecular formula is C29H25Cl2FN2O5. The second-order valence-corrected chi connectivity index (χ2v) is 9.73. The molecule has 39 heavy (non-hydrogen) atoms. The Kier molecular flexibility index (Phi) is 8.89. The van der Waals surface area contributed by atoms with Crippen molar-refractivity contribution in [1.82, 2.24) is 10.2 Å². The van der Waals surface area contributed by atoms with E-state index in [-0.39, 0.29) is 39.2 Å². The molecular weight excluding hydrogens is 546 g/mol. The predicted molar refractivity (Wildman–Crippen MR) is 147 cm³/mol. The summed E-state index contributed by atoms with van der Waals surface area (Å²) in [4.78, 5) is 39.1. The fourth-order valence-corrected chi connectivity index (χ4v) is 4.98. The molecule has 0 saturated carbocycles. The minimum Gasteiger partial charge on any atom is -0.493 e. The number of benzene rings is 3. The molecule has 0 aliphatic carbocycles. The van der Waals surface area contributed by atoms with Gasteiger partial charge in [-0.1, -0.05) is 65.7 Å². The van der Waals surface area contributed by atoms with E-state index in [9.17, 15) is 23.9 Å². The van der Waals surface area contributed by atoms with Crippen LogP contribution in [0.2, 0.25) is 10.0 Å². The molecule has 0 saturated heterocycles. The average molecular weight is 571 g/mol. The largest absolute Gasteiger partial charge is 0.493 e. The molecule has 0 aromatic heterocycles. The van der Waals surface area contributed by atoms with Crippen molar-refractivity contribution < 1.29 is 28.6 Å². The van der Waals surface area contributed by atoms with Crippen molar-refractivity contribution in [2.24, 2.45) is 0 Å². The van der Waals surface area contributed by atoms with Gasteiger partial charge in [0.2, 0.25) is 0 Å². The van der Waals surface area contributed by atoms with Crippen LogP contribution in [0.1, 0.15) is 38.3 Å². The van der Waals surface area contributed by atoms with E-state index >= 15 is 0 Å². The molecule has 202 valence electrons. The second-order valence-electron chi connectivity index (χ2n) is 8.91. The van der Waals surface area contributed by atoms with Crippen LogP contribution in [0.25, 0.3) is 5.57 Å². The lowest BCUT2D eigenvalue weighted by atomic mass is 9.96. The SMILES string of the molecule is COc1c(F)cccc1C(=O)N1CC=C(c2ccc(C[C@H](NC(=O)c3c(Cl)cccc3Cl)C(=O)O)cc2)CC1. The van der Waals surface area contributed by atoms with Crippen molar-refractivity contribution in [3.05, 3.63) is 105 Å². The molecule has 0 radical (unpaired) electrons. The number of nitrogens with zero attached hydrogens (tertiary/aromatic N) is 1. The fraction of sp³-hybridized carbons (Fsp3) is 0.207. The second kappa shape index (κ2) is 12.3. The van der Waals surface area contributed by atoms with E-state index in [0.717, 1.165) is 11.1 Å². The highest BCUT2D eigenvalue weighted by Gasteiger charge is 2.25. The van der Waals surface area contributed by atoms with Crippen molar-refractivity contribution in [3.63, 3.8) is 0 Å². The number of amides is 2. The Hall–Kier alpha value is -3.88. The van der Waals surface area contributed by atoms with Crippen molar-refractivity contribution in [2.45, 2.75) is 18.9 Å². The van der Waals surface area contributed by atoms with Crippen LogP contribution in [0.3, 0.4) is 0 Å². The number of carbonyl (C=O) groups is 3. The fourth-order valence-electron chi connectivity index (χ4n) is 4.41. The van der Waals surface area contributed by atoms with Gasteiger partial charge in [0.1, 0.15) is 6.04 Å². The van der Waals surface area contributed by atoms with Gasteiger partial charge in [0.15, 0.2) is 11.6 Å². The molecule has 0 unspecified atom stereocenters. The van der Waals surface area contributed by atoms with Gasteiger partial charge in [-0.25, -0.2) is 9.18 Å². The first-order valence-electron chi connectivity index (χ1n) is 12.1. The number of carboxylic acids is 1. The first kappa shape index (κ1) is 28.1. The molecule has 1 aliphatic rings. The Labute approximate surface area is 234 Å². The van der Waals surface area contributed by atoms with Gasteiger partial charge < -0.3 is 20.1 Å². The monoisotopic (exact) mass is 570 g/mol. The molecule has 3 aromatic rings. The first-order chi connectivity index (χ1) is 18.7. The molecule has 0 spiro atoms. The summed E-state index contributed by atoms with van der Waals surface area (Å²) in [5.74, 6) is -2.83. The summed E-state index contributed by atoms with van der Waals surface area (Å²) in [7, 11) is 1.33. The number of methoxy groups -OCH3 is 1. The summed E-state index contributed by atoms with van der Waals surface area (Å²) in [6.45, 7) is 0.803. The third-order valence-electron chi connectivity index (χ3n) is 6.46. The van der Waals surface area contributed by atoms with Crippen molar-refractivity contribution in [1.29, 1.82) is 0 Å². The maximum Gasteiger partial charge on any atom is 0.326 e. The maximum atomic E-state index is 14.0. The molecule has 2 amide bonds. The predicted octanol–water partition coefficient (Wildman–Crippen LogP) is 5.50. The maximum absolute atomic E-state index is 14.0. The molecule has 3 aromatic carbocycles. The zero-order chi connectivity index (χ0) is 28.1. The molecule has 1 atom stereocenters. The molecule has 10 heteroatoms. The molecule has 4 rings (SSSR count). The van der Waals surface area contributed by atoms with E-state index in [1.54, 1.807) is 23.1 Å². The van der Waals surface area contributed by atoms with Crippen LogP contribution in [-0.4, -0.2) is 54.0 Å². The van der Waals surface area contributed by atoms with E-state index < -0.39 is 23.7 Å². The number of hydrogen-bond donors (Lipinski definition) is 2. The summed E-state index contributed by atoms with van der Waals surface area (Å²) in [5, 5.41) is 12.4. The van der Waals surface area contributed by atoms with Crippen LogP contribution in [-0.2, 0) is 11.2 Å². The van der Waals surface area contributed by atoms with Gasteiger partial charge in [-0.05, 0) is 47.4 Å². The van der Waals surface area contributed by atoms with Crippen molar-refractivity contribution in [3.8, 4) is 5.75 Å². The Morgan fingerprint density at radius 3 is 2.31 bits per heavy atom. The van der Waals surface area contributed by atoms with Gasteiger partial charge in [-0.15, -0.1) is 0 Å². The van der Waals surface area contributed by atoms with Gasteiger partial charge >= 0.3 is 5.97 Å². The van der Waals surface area contributed by atoms with Crippen LogP contribution < -0.4 is 10.1 Å². The van der Waals surface area contributed by atoms with Crippen LogP contribution in [0.4, 0.5) is 4.39 Å². The highest BCUT2D eigenvalue weighted by Crippen LogP contribution is 2.28. The summed E-state index contributed by atoms with van der Waals surface area (Å²) in [6, 6.07) is 15.0. The molecule has 0 bridgehead atoms. The summed E-state index contributed by atoms with van der Waals surface area (Å²) < 4.78 is 19.1. The van der Waals surface area contributed by atoms with E-state index in [1.165, 1.54) is 37.4 Å². The Balaban J connectivity index is 1.41. The molecule has 1 heterocycles. The number of carbonyl (C=O) groups excluding carboxylic acids is 2. The number of carboxylic acid groups (broad SMARTS) is 1. The smallest absolute Gasteiger partial charge is 0.326 e. The summed E-state index contributed by atoms with van der Waals surface area (Å²) >= 11 is 12.2. The highest BCUT2D eigenvalue weighted by molar-refractivity contribution is 6.39. The van der Waals surface area contributed by atoms with Gasteiger partial charge in [0.25, 0.3) is 11.8 Å². The van der Waals surface area contributed by atoms with Crippen molar-refractivity contribution >= 4 is 46.6 Å². The van der Waals surface area contributed by atoms with Gasteiger partial charge in [0, 0.05) is 19.5 Å². The topological polar surface area (TPSA) is 95.9 Å². The van der Waals surface area contributed by atoms with Crippen LogP contribution in [0.5, 0.6) is 5.75 Å². The first-order valence-corrected chi connectivity index (χ1v) is 12.8. The quantitative estimate of drug-likeness (QED) is 0.373. The Bertz CT molecular complexity index is 1420.